The Balaban J connectivity index is 1.87. The average molecular weight is 276 g/mol. The van der Waals surface area contributed by atoms with Crippen LogP contribution in [0.15, 0.2) is 66.7 Å². The zero-order chi connectivity index (χ0) is 14.7. The predicted octanol–water partition coefficient (Wildman–Crippen LogP) is 5.54. The summed E-state index contributed by atoms with van der Waals surface area (Å²) in [5.74, 6) is 1.45. The molecule has 0 saturated heterocycles. The molecular weight excluding hydrogens is 256 g/mol. The van der Waals surface area contributed by atoms with Crippen LogP contribution in [0.5, 0.6) is 5.75 Å². The number of hydrogen-bond acceptors (Lipinski definition) is 1. The fraction of sp³-hybridized carbons (Fsp3) is 0.200. The second-order valence-electron chi connectivity index (χ2n) is 5.62. The van der Waals surface area contributed by atoms with Crippen molar-refractivity contribution in [1.29, 1.82) is 0 Å². The van der Waals surface area contributed by atoms with E-state index in [1.54, 1.807) is 0 Å². The third-order valence-electron chi connectivity index (χ3n) is 3.80. The van der Waals surface area contributed by atoms with Gasteiger partial charge in [0.05, 0.1) is 0 Å². The predicted molar refractivity (Wildman–Crippen MR) is 88.8 cm³/mol. The molecule has 3 rings (SSSR count). The van der Waals surface area contributed by atoms with Gasteiger partial charge in [0, 0.05) is 0 Å². The Morgan fingerprint density at radius 3 is 2.38 bits per heavy atom. The third-order valence-corrected chi connectivity index (χ3v) is 3.80. The Labute approximate surface area is 126 Å². The van der Waals surface area contributed by atoms with E-state index in [1.807, 2.05) is 6.07 Å². The first kappa shape index (κ1) is 13.7. The highest BCUT2D eigenvalue weighted by molar-refractivity contribution is 5.85. The largest absolute Gasteiger partial charge is 0.489 e. The number of hydrogen-bond donors (Lipinski definition) is 0. The molecule has 0 aliphatic carbocycles. The van der Waals surface area contributed by atoms with Crippen molar-refractivity contribution in [3.8, 4) is 5.75 Å². The maximum absolute atomic E-state index is 6.09. The lowest BCUT2D eigenvalue weighted by molar-refractivity contribution is 0.303. The summed E-state index contributed by atoms with van der Waals surface area (Å²) < 4.78 is 6.09. The van der Waals surface area contributed by atoms with Crippen LogP contribution in [-0.4, -0.2) is 0 Å². The highest BCUT2D eigenvalue weighted by atomic mass is 16.5. The number of para-hydroxylation sites is 1. The van der Waals surface area contributed by atoms with E-state index >= 15 is 0 Å². The van der Waals surface area contributed by atoms with Crippen LogP contribution in [0, 0.1) is 0 Å². The van der Waals surface area contributed by atoms with Gasteiger partial charge in [0.1, 0.15) is 12.4 Å². The van der Waals surface area contributed by atoms with Crippen LogP contribution in [0.1, 0.15) is 30.9 Å². The monoisotopic (exact) mass is 276 g/mol. The second-order valence-corrected chi connectivity index (χ2v) is 5.62. The highest BCUT2D eigenvalue weighted by Crippen LogP contribution is 2.27. The molecule has 0 radical (unpaired) electrons. The molecular formula is C20H20O. The summed E-state index contributed by atoms with van der Waals surface area (Å²) in [7, 11) is 0. The maximum atomic E-state index is 6.09. The quantitative estimate of drug-likeness (QED) is 0.607. The highest BCUT2D eigenvalue weighted by Gasteiger charge is 2.08. The molecule has 0 atom stereocenters. The number of rotatable bonds is 4. The number of fused-ring (bicyclic) bond motifs is 1. The fourth-order valence-electron chi connectivity index (χ4n) is 2.66. The minimum atomic E-state index is 0.466. The summed E-state index contributed by atoms with van der Waals surface area (Å²) in [5.41, 5.74) is 2.49. The van der Waals surface area contributed by atoms with E-state index < -0.39 is 0 Å². The average Bonchev–Trinajstić information content (AvgIpc) is 2.53. The van der Waals surface area contributed by atoms with Crippen molar-refractivity contribution in [1.82, 2.24) is 0 Å². The Bertz CT molecular complexity index is 738. The van der Waals surface area contributed by atoms with Gasteiger partial charge in [0.15, 0.2) is 0 Å². The smallest absolute Gasteiger partial charge is 0.123 e. The van der Waals surface area contributed by atoms with Crippen molar-refractivity contribution < 1.29 is 4.74 Å². The van der Waals surface area contributed by atoms with Gasteiger partial charge >= 0.3 is 0 Å². The minimum absolute atomic E-state index is 0.466. The van der Waals surface area contributed by atoms with Crippen LogP contribution >= 0.6 is 0 Å². The first-order chi connectivity index (χ1) is 10.3. The Kier molecular flexibility index (Phi) is 3.92. The van der Waals surface area contributed by atoms with Gasteiger partial charge < -0.3 is 4.74 Å². The lowest BCUT2D eigenvalue weighted by atomic mass is 10.0. The molecule has 21 heavy (non-hydrogen) atoms. The second kappa shape index (κ2) is 6.01. The van der Waals surface area contributed by atoms with E-state index in [2.05, 4.69) is 74.5 Å². The molecule has 0 unspecified atom stereocenters. The molecule has 0 bridgehead atoms. The van der Waals surface area contributed by atoms with Crippen LogP contribution in [0.3, 0.4) is 0 Å². The molecule has 0 spiro atoms. The van der Waals surface area contributed by atoms with Crippen LogP contribution in [0.4, 0.5) is 0 Å². The molecule has 0 fully saturated rings. The molecule has 0 heterocycles. The Morgan fingerprint density at radius 2 is 1.52 bits per heavy atom. The molecule has 0 aromatic heterocycles. The normalized spacial score (nSPS) is 11.0. The molecule has 0 aliphatic heterocycles. The molecule has 1 heteroatoms. The van der Waals surface area contributed by atoms with E-state index in [4.69, 9.17) is 4.74 Å². The van der Waals surface area contributed by atoms with Gasteiger partial charge in [-0.2, -0.15) is 0 Å². The lowest BCUT2D eigenvalue weighted by Crippen LogP contribution is -2.00. The zero-order valence-electron chi connectivity index (χ0n) is 12.5. The summed E-state index contributed by atoms with van der Waals surface area (Å²) >= 11 is 0. The standard InChI is InChI=1S/C20H20O/c1-15(2)18-11-5-6-13-20(18)21-14-17-10-7-9-16-8-3-4-12-19(16)17/h3-13,15H,14H2,1-2H3. The number of benzene rings is 3. The summed E-state index contributed by atoms with van der Waals surface area (Å²) in [6.45, 7) is 4.99. The molecule has 0 amide bonds. The van der Waals surface area contributed by atoms with Crippen molar-refractivity contribution in [2.75, 3.05) is 0 Å². The van der Waals surface area contributed by atoms with Crippen molar-refractivity contribution in [2.24, 2.45) is 0 Å². The topological polar surface area (TPSA) is 9.23 Å². The van der Waals surface area contributed by atoms with E-state index in [9.17, 15) is 0 Å². The van der Waals surface area contributed by atoms with Gasteiger partial charge in [-0.05, 0) is 33.9 Å². The molecule has 106 valence electrons. The first-order valence-electron chi connectivity index (χ1n) is 7.44. The fourth-order valence-corrected chi connectivity index (χ4v) is 2.66. The minimum Gasteiger partial charge on any atom is -0.489 e. The molecule has 0 N–H and O–H groups in total. The Hall–Kier alpha value is -2.28. The van der Waals surface area contributed by atoms with Crippen molar-refractivity contribution in [3.63, 3.8) is 0 Å². The van der Waals surface area contributed by atoms with Gasteiger partial charge in [0.2, 0.25) is 0 Å². The summed E-state index contributed by atoms with van der Waals surface area (Å²) in [6, 6.07) is 23.1. The van der Waals surface area contributed by atoms with Crippen molar-refractivity contribution in [3.05, 3.63) is 77.9 Å². The number of ether oxygens (including phenoxy) is 1. The molecule has 0 saturated carbocycles. The molecule has 0 aliphatic rings. The van der Waals surface area contributed by atoms with Gasteiger partial charge in [-0.15, -0.1) is 0 Å². The lowest BCUT2D eigenvalue weighted by Gasteiger charge is -2.14. The van der Waals surface area contributed by atoms with Crippen LogP contribution in [0.2, 0.25) is 0 Å². The Morgan fingerprint density at radius 1 is 0.810 bits per heavy atom. The van der Waals surface area contributed by atoms with E-state index in [0.717, 1.165) is 5.75 Å². The van der Waals surface area contributed by atoms with Gasteiger partial charge in [-0.25, -0.2) is 0 Å². The third kappa shape index (κ3) is 2.92. The van der Waals surface area contributed by atoms with E-state index in [-0.39, 0.29) is 0 Å². The maximum Gasteiger partial charge on any atom is 0.123 e. The van der Waals surface area contributed by atoms with Gasteiger partial charge in [-0.1, -0.05) is 74.5 Å². The summed E-state index contributed by atoms with van der Waals surface area (Å²) in [5, 5.41) is 2.53. The molecule has 3 aromatic rings. The van der Waals surface area contributed by atoms with Crippen LogP contribution in [0.25, 0.3) is 10.8 Å². The van der Waals surface area contributed by atoms with Crippen LogP contribution < -0.4 is 4.74 Å². The van der Waals surface area contributed by atoms with Gasteiger partial charge in [0.25, 0.3) is 0 Å². The molecule has 3 aromatic carbocycles. The summed E-state index contributed by atoms with van der Waals surface area (Å²) in [6.07, 6.45) is 0. The van der Waals surface area contributed by atoms with Crippen molar-refractivity contribution >= 4 is 10.8 Å². The van der Waals surface area contributed by atoms with Crippen molar-refractivity contribution in [2.45, 2.75) is 26.4 Å². The zero-order valence-corrected chi connectivity index (χ0v) is 12.5. The van der Waals surface area contributed by atoms with Crippen LogP contribution in [-0.2, 0) is 6.61 Å². The summed E-state index contributed by atoms with van der Waals surface area (Å²) in [4.78, 5) is 0. The van der Waals surface area contributed by atoms with E-state index in [1.165, 1.54) is 21.9 Å². The van der Waals surface area contributed by atoms with E-state index in [0.29, 0.717) is 12.5 Å². The SMILES string of the molecule is CC(C)c1ccccc1OCc1cccc2ccccc12. The first-order valence-corrected chi connectivity index (χ1v) is 7.44. The van der Waals surface area contributed by atoms with Gasteiger partial charge in [-0.3, -0.25) is 0 Å². The molecule has 1 nitrogen and oxygen atoms in total.